The molecule has 0 saturated carbocycles. The van der Waals surface area contributed by atoms with Crippen LogP contribution in [0.5, 0.6) is 5.75 Å². The molecule has 0 spiro atoms. The van der Waals surface area contributed by atoms with Crippen molar-refractivity contribution in [2.24, 2.45) is 0 Å². The van der Waals surface area contributed by atoms with Gasteiger partial charge in [-0.15, -0.1) is 11.3 Å². The van der Waals surface area contributed by atoms with Crippen molar-refractivity contribution in [3.05, 3.63) is 75.9 Å². The van der Waals surface area contributed by atoms with Crippen LogP contribution in [-0.4, -0.2) is 23.4 Å². The molecule has 1 aromatic carbocycles. The standard InChI is InChI=1S/C25H27N3O3S/c1-2-3-14-31-19-11-9-18(10-12-19)23(29)28-25-22(20-7-4-8-21(20)32-25)24(30)27-16-17-6-5-13-26-15-17/h5-6,9-13,15H,2-4,7-8,14,16H2,1H3,(H,27,30)(H,28,29). The first-order chi connectivity index (χ1) is 15.7. The molecular weight excluding hydrogens is 422 g/mol. The molecule has 2 N–H and O–H groups in total. The van der Waals surface area contributed by atoms with Gasteiger partial charge in [-0.1, -0.05) is 19.4 Å². The third-order valence-electron chi connectivity index (χ3n) is 5.43. The molecule has 1 aliphatic carbocycles. The van der Waals surface area contributed by atoms with Gasteiger partial charge in [-0.3, -0.25) is 14.6 Å². The summed E-state index contributed by atoms with van der Waals surface area (Å²) in [5.74, 6) is 0.357. The van der Waals surface area contributed by atoms with Gasteiger partial charge in [0.05, 0.1) is 12.2 Å². The molecular formula is C25H27N3O3S. The molecule has 166 valence electrons. The van der Waals surface area contributed by atoms with Gasteiger partial charge in [0.2, 0.25) is 0 Å². The van der Waals surface area contributed by atoms with Gasteiger partial charge in [-0.05, 0) is 67.1 Å². The summed E-state index contributed by atoms with van der Waals surface area (Å²) in [7, 11) is 0. The van der Waals surface area contributed by atoms with E-state index in [9.17, 15) is 9.59 Å². The zero-order valence-electron chi connectivity index (χ0n) is 18.1. The van der Waals surface area contributed by atoms with E-state index in [0.717, 1.165) is 49.0 Å². The molecule has 32 heavy (non-hydrogen) atoms. The third kappa shape index (κ3) is 5.16. The molecule has 0 saturated heterocycles. The van der Waals surface area contributed by atoms with Crippen molar-refractivity contribution in [2.75, 3.05) is 11.9 Å². The van der Waals surface area contributed by atoms with Gasteiger partial charge in [-0.2, -0.15) is 0 Å². The number of anilines is 1. The molecule has 1 aliphatic rings. The van der Waals surface area contributed by atoms with Crippen LogP contribution in [0.2, 0.25) is 0 Å². The second-order valence-electron chi connectivity index (χ2n) is 7.79. The maximum atomic E-state index is 13.1. The summed E-state index contributed by atoms with van der Waals surface area (Å²) >= 11 is 1.51. The average molecular weight is 450 g/mol. The van der Waals surface area contributed by atoms with E-state index >= 15 is 0 Å². The Morgan fingerprint density at radius 2 is 1.97 bits per heavy atom. The Hall–Kier alpha value is -3.19. The molecule has 0 radical (unpaired) electrons. The molecule has 0 aliphatic heterocycles. The maximum Gasteiger partial charge on any atom is 0.256 e. The van der Waals surface area contributed by atoms with Gasteiger partial charge in [0.15, 0.2) is 0 Å². The number of amides is 2. The van der Waals surface area contributed by atoms with Crippen molar-refractivity contribution in [1.29, 1.82) is 0 Å². The van der Waals surface area contributed by atoms with E-state index in [1.165, 1.54) is 16.2 Å². The van der Waals surface area contributed by atoms with Gasteiger partial charge in [0.25, 0.3) is 11.8 Å². The lowest BCUT2D eigenvalue weighted by atomic mass is 10.1. The first kappa shape index (κ1) is 22.0. The van der Waals surface area contributed by atoms with E-state index < -0.39 is 0 Å². The fourth-order valence-electron chi connectivity index (χ4n) is 3.72. The van der Waals surface area contributed by atoms with Crippen molar-refractivity contribution >= 4 is 28.2 Å². The van der Waals surface area contributed by atoms with Crippen LogP contribution in [0, 0.1) is 0 Å². The summed E-state index contributed by atoms with van der Waals surface area (Å²) in [5, 5.41) is 6.57. The number of fused-ring (bicyclic) bond motifs is 1. The normalized spacial score (nSPS) is 12.3. The minimum atomic E-state index is -0.230. The summed E-state index contributed by atoms with van der Waals surface area (Å²) in [4.78, 5) is 31.2. The van der Waals surface area contributed by atoms with Crippen LogP contribution in [0.25, 0.3) is 0 Å². The molecule has 0 fully saturated rings. The highest BCUT2D eigenvalue weighted by Gasteiger charge is 2.27. The molecule has 3 aromatic rings. The van der Waals surface area contributed by atoms with Crippen LogP contribution in [0.3, 0.4) is 0 Å². The molecule has 2 aromatic heterocycles. The maximum absolute atomic E-state index is 13.1. The van der Waals surface area contributed by atoms with E-state index in [0.29, 0.717) is 29.3 Å². The highest BCUT2D eigenvalue weighted by molar-refractivity contribution is 7.17. The zero-order valence-corrected chi connectivity index (χ0v) is 19.0. The monoisotopic (exact) mass is 449 g/mol. The van der Waals surface area contributed by atoms with E-state index in [2.05, 4.69) is 22.5 Å². The van der Waals surface area contributed by atoms with Gasteiger partial charge < -0.3 is 15.4 Å². The second-order valence-corrected chi connectivity index (χ2v) is 8.89. The molecule has 7 heteroatoms. The largest absolute Gasteiger partial charge is 0.494 e. The fraction of sp³-hybridized carbons (Fsp3) is 0.320. The first-order valence-corrected chi connectivity index (χ1v) is 11.8. The van der Waals surface area contributed by atoms with Crippen LogP contribution in [0.4, 0.5) is 5.00 Å². The number of unbranched alkanes of at least 4 members (excludes halogenated alkanes) is 1. The summed E-state index contributed by atoms with van der Waals surface area (Å²) in [6, 6.07) is 10.9. The van der Waals surface area contributed by atoms with E-state index in [4.69, 9.17) is 4.74 Å². The summed E-state index contributed by atoms with van der Waals surface area (Å²) in [6.45, 7) is 3.18. The minimum Gasteiger partial charge on any atom is -0.494 e. The highest BCUT2D eigenvalue weighted by Crippen LogP contribution is 2.39. The van der Waals surface area contributed by atoms with Crippen LogP contribution < -0.4 is 15.4 Å². The number of rotatable bonds is 9. The summed E-state index contributed by atoms with van der Waals surface area (Å²) in [5.41, 5.74) is 3.12. The number of aromatic nitrogens is 1. The molecule has 0 atom stereocenters. The predicted octanol–water partition coefficient (Wildman–Crippen LogP) is 4.99. The third-order valence-corrected chi connectivity index (χ3v) is 6.64. The SMILES string of the molecule is CCCCOc1ccc(C(=O)Nc2sc3c(c2C(=O)NCc2cccnc2)CCC3)cc1. The van der Waals surface area contributed by atoms with Gasteiger partial charge in [0.1, 0.15) is 10.8 Å². The number of nitrogens with zero attached hydrogens (tertiary/aromatic N) is 1. The second kappa shape index (κ2) is 10.4. The van der Waals surface area contributed by atoms with Gasteiger partial charge >= 0.3 is 0 Å². The number of hydrogen-bond acceptors (Lipinski definition) is 5. The summed E-state index contributed by atoms with van der Waals surface area (Å²) < 4.78 is 5.67. The molecule has 2 amide bonds. The number of benzene rings is 1. The van der Waals surface area contributed by atoms with E-state index in [1.807, 2.05) is 12.1 Å². The van der Waals surface area contributed by atoms with Crippen LogP contribution >= 0.6 is 11.3 Å². The van der Waals surface area contributed by atoms with Crippen LogP contribution in [0.1, 0.15) is 62.9 Å². The van der Waals surface area contributed by atoms with Crippen molar-refractivity contribution in [1.82, 2.24) is 10.3 Å². The molecule has 4 rings (SSSR count). The minimum absolute atomic E-state index is 0.164. The fourth-order valence-corrected chi connectivity index (χ4v) is 5.00. The number of aryl methyl sites for hydroxylation is 1. The quantitative estimate of drug-likeness (QED) is 0.451. The van der Waals surface area contributed by atoms with Crippen LogP contribution in [0.15, 0.2) is 48.8 Å². The number of hydrogen-bond donors (Lipinski definition) is 2. The topological polar surface area (TPSA) is 80.3 Å². The van der Waals surface area contributed by atoms with Crippen molar-refractivity contribution in [2.45, 2.75) is 45.6 Å². The van der Waals surface area contributed by atoms with Crippen molar-refractivity contribution in [3.63, 3.8) is 0 Å². The molecule has 2 heterocycles. The highest BCUT2D eigenvalue weighted by atomic mass is 32.1. The van der Waals surface area contributed by atoms with Crippen LogP contribution in [-0.2, 0) is 19.4 Å². The van der Waals surface area contributed by atoms with Crippen molar-refractivity contribution in [3.8, 4) is 5.75 Å². The predicted molar refractivity (Wildman–Crippen MR) is 127 cm³/mol. The number of nitrogens with one attached hydrogen (secondary N) is 2. The Balaban J connectivity index is 1.46. The Bertz CT molecular complexity index is 1080. The van der Waals surface area contributed by atoms with Gasteiger partial charge in [0, 0.05) is 29.4 Å². The van der Waals surface area contributed by atoms with E-state index in [1.54, 1.807) is 36.7 Å². The van der Waals surface area contributed by atoms with Crippen molar-refractivity contribution < 1.29 is 14.3 Å². The lowest BCUT2D eigenvalue weighted by Crippen LogP contribution is -2.25. The number of ether oxygens (including phenoxy) is 1. The Labute approximate surface area is 192 Å². The smallest absolute Gasteiger partial charge is 0.256 e. The van der Waals surface area contributed by atoms with E-state index in [-0.39, 0.29) is 11.8 Å². The first-order valence-electron chi connectivity index (χ1n) is 11.0. The number of carbonyl (C=O) groups is 2. The Kier molecular flexibility index (Phi) is 7.17. The molecule has 0 bridgehead atoms. The summed E-state index contributed by atoms with van der Waals surface area (Å²) in [6.07, 6.45) is 8.35. The molecule has 6 nitrogen and oxygen atoms in total. The lowest BCUT2D eigenvalue weighted by molar-refractivity contribution is 0.0951. The Morgan fingerprint density at radius 3 is 2.72 bits per heavy atom. The number of pyridine rings is 1. The van der Waals surface area contributed by atoms with Gasteiger partial charge in [-0.25, -0.2) is 0 Å². The average Bonchev–Trinajstić information content (AvgIpc) is 3.39. The lowest BCUT2D eigenvalue weighted by Gasteiger charge is -2.10. The molecule has 0 unspecified atom stereocenters. The Morgan fingerprint density at radius 1 is 1.12 bits per heavy atom. The number of thiophene rings is 1. The zero-order chi connectivity index (χ0) is 22.3. The number of carbonyl (C=O) groups excluding carboxylic acids is 2.